The molecular formula is C13H20BrClN2. The van der Waals surface area contributed by atoms with E-state index in [1.165, 1.54) is 6.42 Å². The second-order valence-corrected chi connectivity index (χ2v) is 5.69. The number of hydrogen-bond donors (Lipinski definition) is 1. The highest BCUT2D eigenvalue weighted by molar-refractivity contribution is 9.10. The molecule has 0 aromatic heterocycles. The Hall–Kier alpha value is -0.0900. The molecule has 2 N–H and O–H groups in total. The lowest BCUT2D eigenvalue weighted by atomic mass is 10.0. The number of benzene rings is 1. The summed E-state index contributed by atoms with van der Waals surface area (Å²) < 4.78 is 0.988. The van der Waals surface area contributed by atoms with Gasteiger partial charge in [0.05, 0.1) is 0 Å². The summed E-state index contributed by atoms with van der Waals surface area (Å²) in [6.45, 7) is 4.30. The molecule has 1 unspecified atom stereocenters. The molecule has 0 saturated heterocycles. The zero-order valence-corrected chi connectivity index (χ0v) is 12.8. The van der Waals surface area contributed by atoms with Crippen LogP contribution >= 0.6 is 27.5 Å². The summed E-state index contributed by atoms with van der Waals surface area (Å²) in [4.78, 5) is 2.30. The van der Waals surface area contributed by atoms with Crippen molar-refractivity contribution in [3.8, 4) is 0 Å². The Morgan fingerprint density at radius 2 is 2.12 bits per heavy atom. The molecule has 4 heteroatoms. The maximum absolute atomic E-state index is 6.18. The summed E-state index contributed by atoms with van der Waals surface area (Å²) in [6.07, 6.45) is 2.10. The van der Waals surface area contributed by atoms with Gasteiger partial charge in [-0.15, -0.1) is 0 Å². The molecular weight excluding hydrogens is 300 g/mol. The number of hydrogen-bond acceptors (Lipinski definition) is 2. The molecule has 1 aromatic rings. The summed E-state index contributed by atoms with van der Waals surface area (Å²) in [5.41, 5.74) is 7.19. The van der Waals surface area contributed by atoms with E-state index in [2.05, 4.69) is 34.8 Å². The highest BCUT2D eigenvalue weighted by Crippen LogP contribution is 2.26. The van der Waals surface area contributed by atoms with E-state index in [0.29, 0.717) is 0 Å². The van der Waals surface area contributed by atoms with E-state index in [0.717, 1.165) is 34.6 Å². The summed E-state index contributed by atoms with van der Waals surface area (Å²) in [6, 6.07) is 5.88. The summed E-state index contributed by atoms with van der Waals surface area (Å²) in [5.74, 6) is 0. The van der Waals surface area contributed by atoms with Crippen molar-refractivity contribution in [2.75, 3.05) is 20.1 Å². The van der Waals surface area contributed by atoms with Crippen molar-refractivity contribution in [2.45, 2.75) is 25.8 Å². The van der Waals surface area contributed by atoms with Crippen molar-refractivity contribution < 1.29 is 0 Å². The van der Waals surface area contributed by atoms with E-state index in [9.17, 15) is 0 Å². The van der Waals surface area contributed by atoms with Crippen molar-refractivity contribution in [3.63, 3.8) is 0 Å². The van der Waals surface area contributed by atoms with E-state index in [4.69, 9.17) is 17.3 Å². The van der Waals surface area contributed by atoms with Crippen LogP contribution in [-0.4, -0.2) is 25.0 Å². The number of halogens is 2. The van der Waals surface area contributed by atoms with Crippen LogP contribution in [0.25, 0.3) is 0 Å². The van der Waals surface area contributed by atoms with E-state index in [1.54, 1.807) is 0 Å². The molecule has 2 nitrogen and oxygen atoms in total. The predicted molar refractivity (Wildman–Crippen MR) is 78.5 cm³/mol. The van der Waals surface area contributed by atoms with Crippen molar-refractivity contribution >= 4 is 27.5 Å². The van der Waals surface area contributed by atoms with Gasteiger partial charge < -0.3 is 10.6 Å². The average Bonchev–Trinajstić information content (AvgIpc) is 2.26. The van der Waals surface area contributed by atoms with Crippen LogP contribution < -0.4 is 5.73 Å². The zero-order valence-electron chi connectivity index (χ0n) is 10.4. The van der Waals surface area contributed by atoms with Crippen molar-refractivity contribution in [3.05, 3.63) is 33.3 Å². The van der Waals surface area contributed by atoms with Crippen LogP contribution in [0.1, 0.15) is 31.4 Å². The third-order valence-corrected chi connectivity index (χ3v) is 3.61. The molecule has 1 atom stereocenters. The smallest absolute Gasteiger partial charge is 0.0464 e. The summed E-state index contributed by atoms with van der Waals surface area (Å²) in [7, 11) is 2.12. The molecule has 0 radical (unpaired) electrons. The summed E-state index contributed by atoms with van der Waals surface area (Å²) in [5, 5.41) is 0.741. The molecule has 0 spiro atoms. The standard InChI is InChI=1S/C13H20BrClN2/c1-3-7-17(2)8-6-13(16)11-5-4-10(14)9-12(11)15/h4-5,9,13H,3,6-8,16H2,1-2H3. The minimum atomic E-state index is 0.00917. The first-order chi connectivity index (χ1) is 8.04. The Labute approximate surface area is 117 Å². The molecule has 0 heterocycles. The first-order valence-electron chi connectivity index (χ1n) is 5.93. The fourth-order valence-corrected chi connectivity index (χ4v) is 2.62. The van der Waals surface area contributed by atoms with E-state index in [1.807, 2.05) is 18.2 Å². The highest BCUT2D eigenvalue weighted by Gasteiger charge is 2.11. The van der Waals surface area contributed by atoms with Crippen molar-refractivity contribution in [1.82, 2.24) is 4.90 Å². The van der Waals surface area contributed by atoms with Crippen molar-refractivity contribution in [1.29, 1.82) is 0 Å². The van der Waals surface area contributed by atoms with Gasteiger partial charge in [-0.2, -0.15) is 0 Å². The molecule has 0 aliphatic carbocycles. The largest absolute Gasteiger partial charge is 0.324 e. The lowest BCUT2D eigenvalue weighted by Crippen LogP contribution is -2.24. The van der Waals surface area contributed by atoms with Gasteiger partial charge in [-0.1, -0.05) is 40.5 Å². The zero-order chi connectivity index (χ0) is 12.8. The lowest BCUT2D eigenvalue weighted by molar-refractivity contribution is 0.319. The molecule has 0 bridgehead atoms. The molecule has 1 aromatic carbocycles. The molecule has 17 heavy (non-hydrogen) atoms. The molecule has 96 valence electrons. The second kappa shape index (κ2) is 7.37. The van der Waals surface area contributed by atoms with Gasteiger partial charge >= 0.3 is 0 Å². The first-order valence-corrected chi connectivity index (χ1v) is 7.10. The normalized spacial score (nSPS) is 13.1. The average molecular weight is 320 g/mol. The Balaban J connectivity index is 2.54. The van der Waals surface area contributed by atoms with E-state index in [-0.39, 0.29) is 6.04 Å². The number of rotatable bonds is 6. The van der Waals surface area contributed by atoms with Crippen LogP contribution in [-0.2, 0) is 0 Å². The maximum atomic E-state index is 6.18. The minimum Gasteiger partial charge on any atom is -0.324 e. The third-order valence-electron chi connectivity index (χ3n) is 2.79. The topological polar surface area (TPSA) is 29.3 Å². The molecule has 0 aliphatic rings. The Morgan fingerprint density at radius 1 is 1.41 bits per heavy atom. The fourth-order valence-electron chi connectivity index (χ4n) is 1.81. The van der Waals surface area contributed by atoms with Gasteiger partial charge in [-0.3, -0.25) is 0 Å². The number of nitrogens with zero attached hydrogens (tertiary/aromatic N) is 1. The first kappa shape index (κ1) is 15.0. The number of nitrogens with two attached hydrogens (primary N) is 1. The van der Waals surface area contributed by atoms with Gasteiger partial charge in [-0.25, -0.2) is 0 Å². The van der Waals surface area contributed by atoms with E-state index < -0.39 is 0 Å². The van der Waals surface area contributed by atoms with Crippen LogP contribution in [0, 0.1) is 0 Å². The molecule has 0 amide bonds. The highest BCUT2D eigenvalue weighted by atomic mass is 79.9. The van der Waals surface area contributed by atoms with Gasteiger partial charge in [0.15, 0.2) is 0 Å². The quantitative estimate of drug-likeness (QED) is 0.863. The van der Waals surface area contributed by atoms with Gasteiger partial charge in [0.25, 0.3) is 0 Å². The third kappa shape index (κ3) is 4.96. The van der Waals surface area contributed by atoms with Gasteiger partial charge in [0, 0.05) is 15.5 Å². The van der Waals surface area contributed by atoms with Gasteiger partial charge in [0.1, 0.15) is 0 Å². The molecule has 0 saturated carbocycles. The summed E-state index contributed by atoms with van der Waals surface area (Å²) >= 11 is 9.57. The SMILES string of the molecule is CCCN(C)CCC(N)c1ccc(Br)cc1Cl. The fraction of sp³-hybridized carbons (Fsp3) is 0.538. The molecule has 1 rings (SSSR count). The van der Waals surface area contributed by atoms with Gasteiger partial charge in [-0.05, 0) is 50.7 Å². The monoisotopic (exact) mass is 318 g/mol. The Bertz CT molecular complexity index is 357. The maximum Gasteiger partial charge on any atom is 0.0464 e. The van der Waals surface area contributed by atoms with Crippen LogP contribution in [0.5, 0.6) is 0 Å². The molecule has 0 fully saturated rings. The Morgan fingerprint density at radius 3 is 2.71 bits per heavy atom. The van der Waals surface area contributed by atoms with Crippen LogP contribution in [0.4, 0.5) is 0 Å². The van der Waals surface area contributed by atoms with Crippen LogP contribution in [0.2, 0.25) is 5.02 Å². The lowest BCUT2D eigenvalue weighted by Gasteiger charge is -2.19. The predicted octanol–water partition coefficient (Wildman–Crippen LogP) is 3.83. The van der Waals surface area contributed by atoms with Crippen LogP contribution in [0.15, 0.2) is 22.7 Å². The second-order valence-electron chi connectivity index (χ2n) is 4.36. The van der Waals surface area contributed by atoms with Gasteiger partial charge in [0.2, 0.25) is 0 Å². The van der Waals surface area contributed by atoms with E-state index >= 15 is 0 Å². The van der Waals surface area contributed by atoms with Crippen LogP contribution in [0.3, 0.4) is 0 Å². The van der Waals surface area contributed by atoms with Crippen molar-refractivity contribution in [2.24, 2.45) is 5.73 Å². The molecule has 0 aliphatic heterocycles. The minimum absolute atomic E-state index is 0.00917. The Kier molecular flexibility index (Phi) is 6.49.